The van der Waals surface area contributed by atoms with E-state index in [2.05, 4.69) is 5.32 Å². The quantitative estimate of drug-likeness (QED) is 0.525. The minimum absolute atomic E-state index is 0.0263. The van der Waals surface area contributed by atoms with Gasteiger partial charge in [-0.2, -0.15) is 0 Å². The number of para-hydroxylation sites is 1. The van der Waals surface area contributed by atoms with Crippen molar-refractivity contribution in [1.82, 2.24) is 0 Å². The molecule has 1 amide bonds. The van der Waals surface area contributed by atoms with E-state index < -0.39 is 16.6 Å². The lowest BCUT2D eigenvalue weighted by Gasteiger charge is -2.03. The van der Waals surface area contributed by atoms with Gasteiger partial charge in [0, 0.05) is 17.2 Å². The second-order valence-corrected chi connectivity index (χ2v) is 4.70. The molecule has 0 aliphatic rings. The summed E-state index contributed by atoms with van der Waals surface area (Å²) in [7, 11) is 0. The molecule has 0 aliphatic heterocycles. The van der Waals surface area contributed by atoms with Crippen molar-refractivity contribution < 1.29 is 14.1 Å². The van der Waals surface area contributed by atoms with Crippen LogP contribution < -0.4 is 5.32 Å². The fraction of sp³-hybridized carbons (Fsp3) is 0. The van der Waals surface area contributed by atoms with Crippen LogP contribution in [-0.4, -0.2) is 10.8 Å². The van der Waals surface area contributed by atoms with E-state index in [1.54, 1.807) is 6.07 Å². The largest absolute Gasteiger partial charge is 0.320 e. The molecule has 0 aromatic heterocycles. The molecule has 0 fully saturated rings. The average molecular weight is 321 g/mol. The molecule has 0 spiro atoms. The fourth-order valence-corrected chi connectivity index (χ4v) is 1.88. The van der Waals surface area contributed by atoms with Crippen molar-refractivity contribution in [1.29, 1.82) is 0 Å². The van der Waals surface area contributed by atoms with Crippen LogP contribution in [0.2, 0.25) is 5.02 Å². The van der Waals surface area contributed by atoms with Gasteiger partial charge in [-0.25, -0.2) is 4.39 Å². The Kier molecular flexibility index (Phi) is 4.85. The van der Waals surface area contributed by atoms with E-state index in [0.29, 0.717) is 0 Å². The number of halogens is 2. The number of nitro groups is 1. The predicted molar refractivity (Wildman–Crippen MR) is 82.2 cm³/mol. The molecule has 7 heteroatoms. The number of carbonyl (C=O) groups excluding carboxylic acids is 1. The van der Waals surface area contributed by atoms with Crippen molar-refractivity contribution in [2.75, 3.05) is 5.32 Å². The first-order valence-electron chi connectivity index (χ1n) is 6.15. The monoisotopic (exact) mass is 320 g/mol. The van der Waals surface area contributed by atoms with Crippen LogP contribution in [0.1, 0.15) is 5.56 Å². The molecule has 0 aliphatic carbocycles. The van der Waals surface area contributed by atoms with E-state index in [9.17, 15) is 19.3 Å². The summed E-state index contributed by atoms with van der Waals surface area (Å²) in [6, 6.07) is 9.81. The zero-order chi connectivity index (χ0) is 16.1. The molecule has 22 heavy (non-hydrogen) atoms. The van der Waals surface area contributed by atoms with Gasteiger partial charge in [0.1, 0.15) is 5.82 Å². The molecule has 112 valence electrons. The Morgan fingerprint density at radius 3 is 2.68 bits per heavy atom. The molecule has 0 radical (unpaired) electrons. The second-order valence-electron chi connectivity index (χ2n) is 4.26. The maximum Gasteiger partial charge on any atom is 0.276 e. The van der Waals surface area contributed by atoms with Crippen LogP contribution in [-0.2, 0) is 4.79 Å². The Morgan fingerprint density at radius 1 is 1.27 bits per heavy atom. The van der Waals surface area contributed by atoms with Gasteiger partial charge >= 0.3 is 0 Å². The predicted octanol–water partition coefficient (Wildman–Crippen LogP) is 4.04. The maximum absolute atomic E-state index is 13.5. The van der Waals surface area contributed by atoms with E-state index in [4.69, 9.17) is 11.6 Å². The van der Waals surface area contributed by atoms with Gasteiger partial charge in [0.05, 0.1) is 16.2 Å². The van der Waals surface area contributed by atoms with Crippen LogP contribution in [0.15, 0.2) is 48.5 Å². The highest BCUT2D eigenvalue weighted by Crippen LogP contribution is 2.20. The summed E-state index contributed by atoms with van der Waals surface area (Å²) in [5.41, 5.74) is 0.130. The van der Waals surface area contributed by atoms with Crippen molar-refractivity contribution in [3.8, 4) is 0 Å². The molecule has 0 unspecified atom stereocenters. The van der Waals surface area contributed by atoms with E-state index in [1.165, 1.54) is 36.4 Å². The van der Waals surface area contributed by atoms with Crippen molar-refractivity contribution in [3.63, 3.8) is 0 Å². The van der Waals surface area contributed by atoms with Crippen molar-refractivity contribution in [3.05, 3.63) is 75.1 Å². The van der Waals surface area contributed by atoms with Crippen molar-refractivity contribution in [2.45, 2.75) is 0 Å². The van der Waals surface area contributed by atoms with E-state index >= 15 is 0 Å². The van der Waals surface area contributed by atoms with Crippen LogP contribution in [0.4, 0.5) is 15.8 Å². The second kappa shape index (κ2) is 6.82. The smallest absolute Gasteiger partial charge is 0.276 e. The summed E-state index contributed by atoms with van der Waals surface area (Å²) < 4.78 is 13.5. The number of carbonyl (C=O) groups is 1. The first-order chi connectivity index (χ1) is 10.5. The number of nitrogens with one attached hydrogen (secondary N) is 1. The van der Waals surface area contributed by atoms with Crippen molar-refractivity contribution in [2.24, 2.45) is 0 Å². The van der Waals surface area contributed by atoms with E-state index in [1.807, 2.05) is 0 Å². The molecule has 2 rings (SSSR count). The van der Waals surface area contributed by atoms with Crippen LogP contribution >= 0.6 is 11.6 Å². The first kappa shape index (κ1) is 15.7. The summed E-state index contributed by atoms with van der Waals surface area (Å²) in [6.45, 7) is 0. The third kappa shape index (κ3) is 3.89. The maximum atomic E-state index is 13.5. The van der Waals surface area contributed by atoms with Gasteiger partial charge in [-0.05, 0) is 30.3 Å². The number of anilines is 1. The summed E-state index contributed by atoms with van der Waals surface area (Å²) in [6.07, 6.45) is 2.39. The molecule has 2 aromatic rings. The number of amides is 1. The third-order valence-corrected chi connectivity index (χ3v) is 2.97. The first-order valence-corrected chi connectivity index (χ1v) is 6.52. The van der Waals surface area contributed by atoms with Gasteiger partial charge in [-0.3, -0.25) is 14.9 Å². The number of hydrogen-bond acceptors (Lipinski definition) is 3. The zero-order valence-electron chi connectivity index (χ0n) is 11.1. The summed E-state index contributed by atoms with van der Waals surface area (Å²) >= 11 is 5.61. The topological polar surface area (TPSA) is 72.2 Å². The van der Waals surface area contributed by atoms with Crippen LogP contribution in [0.3, 0.4) is 0 Å². The van der Waals surface area contributed by atoms with Crippen LogP contribution in [0.25, 0.3) is 6.08 Å². The fourth-order valence-electron chi connectivity index (χ4n) is 1.73. The molecule has 0 atom stereocenters. The van der Waals surface area contributed by atoms with Gasteiger partial charge in [-0.1, -0.05) is 23.7 Å². The molecular weight excluding hydrogens is 311 g/mol. The number of benzene rings is 2. The average Bonchev–Trinajstić information content (AvgIpc) is 2.48. The van der Waals surface area contributed by atoms with E-state index in [-0.39, 0.29) is 22.0 Å². The van der Waals surface area contributed by atoms with Crippen LogP contribution in [0, 0.1) is 15.9 Å². The highest BCUT2D eigenvalue weighted by Gasteiger charge is 2.10. The molecule has 1 N–H and O–H groups in total. The Balaban J connectivity index is 2.14. The lowest BCUT2D eigenvalue weighted by atomic mass is 10.1. The number of nitro benzene ring substituents is 1. The van der Waals surface area contributed by atoms with Crippen molar-refractivity contribution >= 4 is 35.0 Å². The zero-order valence-corrected chi connectivity index (χ0v) is 11.9. The van der Waals surface area contributed by atoms with Gasteiger partial charge < -0.3 is 5.32 Å². The highest BCUT2D eigenvalue weighted by atomic mass is 35.5. The summed E-state index contributed by atoms with van der Waals surface area (Å²) in [5, 5.41) is 13.4. The SMILES string of the molecule is O=C(/C=C/c1ccccc1[N+](=O)[O-])Nc1ccc(Cl)cc1F. The van der Waals surface area contributed by atoms with Gasteiger partial charge in [0.2, 0.25) is 5.91 Å². The van der Waals surface area contributed by atoms with E-state index in [0.717, 1.165) is 12.1 Å². The Bertz CT molecular complexity index is 762. The Morgan fingerprint density at radius 2 is 2.00 bits per heavy atom. The number of hydrogen-bond donors (Lipinski definition) is 1. The standard InChI is InChI=1S/C15H10ClFN2O3/c16-11-6-7-13(12(17)9-11)18-15(20)8-5-10-3-1-2-4-14(10)19(21)22/h1-9H,(H,18,20)/b8-5+. The lowest BCUT2D eigenvalue weighted by Crippen LogP contribution is -2.09. The van der Waals surface area contributed by atoms with Gasteiger partial charge in [-0.15, -0.1) is 0 Å². The molecule has 0 saturated carbocycles. The van der Waals surface area contributed by atoms with Crippen LogP contribution in [0.5, 0.6) is 0 Å². The minimum Gasteiger partial charge on any atom is -0.320 e. The van der Waals surface area contributed by atoms with Gasteiger partial charge in [0.25, 0.3) is 5.69 Å². The molecule has 0 saturated heterocycles. The molecule has 0 heterocycles. The normalized spacial score (nSPS) is 10.6. The molecule has 2 aromatic carbocycles. The molecular formula is C15H10ClFN2O3. The molecule has 5 nitrogen and oxygen atoms in total. The molecule has 0 bridgehead atoms. The van der Waals surface area contributed by atoms with Gasteiger partial charge in [0.15, 0.2) is 0 Å². The lowest BCUT2D eigenvalue weighted by molar-refractivity contribution is -0.385. The summed E-state index contributed by atoms with van der Waals surface area (Å²) in [4.78, 5) is 22.0. The highest BCUT2D eigenvalue weighted by molar-refractivity contribution is 6.30. The summed E-state index contributed by atoms with van der Waals surface area (Å²) in [5.74, 6) is -1.28. The Hall–Kier alpha value is -2.73. The third-order valence-electron chi connectivity index (χ3n) is 2.74. The number of rotatable bonds is 4. The minimum atomic E-state index is -0.667. The Labute approximate surface area is 130 Å². The number of nitrogens with zero attached hydrogens (tertiary/aromatic N) is 1.